The number of thioether (sulfide) groups is 1. The molecule has 0 unspecified atom stereocenters. The fraction of sp³-hybridized carbons (Fsp3) is 0.333. The lowest BCUT2D eigenvalue weighted by Crippen LogP contribution is -1.92. The monoisotopic (exact) mass is 168 g/mol. The van der Waals surface area contributed by atoms with Crippen molar-refractivity contribution in [2.75, 3.05) is 12.9 Å². The SMILES string of the molecule is CCOc1ccccc1SC. The smallest absolute Gasteiger partial charge is 0.132 e. The predicted octanol–water partition coefficient (Wildman–Crippen LogP) is 2.81. The van der Waals surface area contributed by atoms with Crippen LogP contribution in [-0.4, -0.2) is 12.9 Å². The lowest BCUT2D eigenvalue weighted by molar-refractivity contribution is 0.332. The molecular formula is C9H12OS. The van der Waals surface area contributed by atoms with Gasteiger partial charge in [0.25, 0.3) is 0 Å². The Bertz CT molecular complexity index is 223. The topological polar surface area (TPSA) is 9.23 Å². The Morgan fingerprint density at radius 2 is 2.09 bits per heavy atom. The average Bonchev–Trinajstić information content (AvgIpc) is 2.06. The van der Waals surface area contributed by atoms with Crippen molar-refractivity contribution in [2.45, 2.75) is 11.8 Å². The van der Waals surface area contributed by atoms with E-state index in [1.165, 1.54) is 4.90 Å². The highest BCUT2D eigenvalue weighted by Crippen LogP contribution is 2.26. The first-order valence-corrected chi connectivity index (χ1v) is 4.86. The normalized spacial score (nSPS) is 9.64. The van der Waals surface area contributed by atoms with Crippen LogP contribution < -0.4 is 4.74 Å². The third kappa shape index (κ3) is 2.15. The van der Waals surface area contributed by atoms with Gasteiger partial charge in [-0.2, -0.15) is 0 Å². The highest BCUT2D eigenvalue weighted by Gasteiger charge is 1.97. The third-order valence-electron chi connectivity index (χ3n) is 1.37. The number of rotatable bonds is 3. The summed E-state index contributed by atoms with van der Waals surface area (Å²) in [5, 5.41) is 0. The van der Waals surface area contributed by atoms with Crippen LogP contribution in [0.3, 0.4) is 0 Å². The van der Waals surface area contributed by atoms with Crippen LogP contribution in [0.15, 0.2) is 29.2 Å². The fourth-order valence-corrected chi connectivity index (χ4v) is 1.44. The highest BCUT2D eigenvalue weighted by molar-refractivity contribution is 7.98. The Hall–Kier alpha value is -0.630. The molecule has 0 radical (unpaired) electrons. The molecule has 1 nitrogen and oxygen atoms in total. The zero-order valence-corrected chi connectivity index (χ0v) is 7.65. The number of benzene rings is 1. The molecule has 0 amide bonds. The lowest BCUT2D eigenvalue weighted by Gasteiger charge is -2.06. The van der Waals surface area contributed by atoms with Crippen molar-refractivity contribution in [2.24, 2.45) is 0 Å². The number of ether oxygens (including phenoxy) is 1. The van der Waals surface area contributed by atoms with Crippen LogP contribution in [0, 0.1) is 0 Å². The molecule has 11 heavy (non-hydrogen) atoms. The summed E-state index contributed by atoms with van der Waals surface area (Å²) in [7, 11) is 0. The predicted molar refractivity (Wildman–Crippen MR) is 49.4 cm³/mol. The minimum absolute atomic E-state index is 0.734. The van der Waals surface area contributed by atoms with Crippen LogP contribution in [-0.2, 0) is 0 Å². The largest absolute Gasteiger partial charge is 0.493 e. The van der Waals surface area contributed by atoms with Gasteiger partial charge in [-0.05, 0) is 25.3 Å². The molecular weight excluding hydrogens is 156 g/mol. The molecule has 0 aliphatic heterocycles. The molecule has 0 bridgehead atoms. The van der Waals surface area contributed by atoms with Crippen molar-refractivity contribution in [3.05, 3.63) is 24.3 Å². The van der Waals surface area contributed by atoms with E-state index in [4.69, 9.17) is 4.74 Å². The Morgan fingerprint density at radius 1 is 1.36 bits per heavy atom. The molecule has 0 saturated heterocycles. The maximum absolute atomic E-state index is 5.41. The molecule has 0 aliphatic rings. The summed E-state index contributed by atoms with van der Waals surface area (Å²) in [5.74, 6) is 0.988. The molecule has 0 spiro atoms. The van der Waals surface area contributed by atoms with Crippen molar-refractivity contribution in [1.29, 1.82) is 0 Å². The van der Waals surface area contributed by atoms with Gasteiger partial charge in [-0.15, -0.1) is 11.8 Å². The van der Waals surface area contributed by atoms with E-state index in [2.05, 4.69) is 12.3 Å². The molecule has 1 rings (SSSR count). The maximum atomic E-state index is 5.41. The van der Waals surface area contributed by atoms with Gasteiger partial charge in [0, 0.05) is 4.90 Å². The molecule has 0 N–H and O–H groups in total. The van der Waals surface area contributed by atoms with Crippen LogP contribution >= 0.6 is 11.8 Å². The second-order valence-electron chi connectivity index (χ2n) is 2.08. The van der Waals surface area contributed by atoms with Crippen molar-refractivity contribution in [1.82, 2.24) is 0 Å². The second-order valence-corrected chi connectivity index (χ2v) is 2.93. The molecule has 0 heterocycles. The zero-order chi connectivity index (χ0) is 8.10. The van der Waals surface area contributed by atoms with Gasteiger partial charge < -0.3 is 4.74 Å². The van der Waals surface area contributed by atoms with Crippen LogP contribution in [0.4, 0.5) is 0 Å². The van der Waals surface area contributed by atoms with Gasteiger partial charge in [0.1, 0.15) is 5.75 Å². The first-order valence-electron chi connectivity index (χ1n) is 3.64. The Labute approximate surface area is 71.8 Å². The van der Waals surface area contributed by atoms with Crippen LogP contribution in [0.1, 0.15) is 6.92 Å². The van der Waals surface area contributed by atoms with Gasteiger partial charge in [0.15, 0.2) is 0 Å². The minimum atomic E-state index is 0.734. The van der Waals surface area contributed by atoms with Gasteiger partial charge in [-0.3, -0.25) is 0 Å². The summed E-state index contributed by atoms with van der Waals surface area (Å²) < 4.78 is 5.41. The van der Waals surface area contributed by atoms with Crippen LogP contribution in [0.25, 0.3) is 0 Å². The fourth-order valence-electron chi connectivity index (χ4n) is 0.894. The van der Waals surface area contributed by atoms with E-state index in [1.807, 2.05) is 25.1 Å². The van der Waals surface area contributed by atoms with Crippen LogP contribution in [0.5, 0.6) is 5.75 Å². The van der Waals surface area contributed by atoms with Crippen molar-refractivity contribution >= 4 is 11.8 Å². The average molecular weight is 168 g/mol. The van der Waals surface area contributed by atoms with Crippen molar-refractivity contribution in [3.8, 4) is 5.75 Å². The molecule has 0 aliphatic carbocycles. The van der Waals surface area contributed by atoms with E-state index in [0.717, 1.165) is 12.4 Å². The van der Waals surface area contributed by atoms with Crippen molar-refractivity contribution < 1.29 is 4.74 Å². The quantitative estimate of drug-likeness (QED) is 0.642. The summed E-state index contributed by atoms with van der Waals surface area (Å²) in [5.41, 5.74) is 0. The first-order chi connectivity index (χ1) is 5.38. The molecule has 0 atom stereocenters. The molecule has 0 saturated carbocycles. The van der Waals surface area contributed by atoms with Gasteiger partial charge in [-0.1, -0.05) is 12.1 Å². The third-order valence-corrected chi connectivity index (χ3v) is 2.15. The summed E-state index contributed by atoms with van der Waals surface area (Å²) in [4.78, 5) is 1.20. The number of hydrogen-bond acceptors (Lipinski definition) is 2. The number of hydrogen-bond donors (Lipinski definition) is 0. The summed E-state index contributed by atoms with van der Waals surface area (Å²) >= 11 is 1.71. The Kier molecular flexibility index (Phi) is 3.30. The van der Waals surface area contributed by atoms with E-state index >= 15 is 0 Å². The minimum Gasteiger partial charge on any atom is -0.493 e. The van der Waals surface area contributed by atoms with Crippen LogP contribution in [0.2, 0.25) is 0 Å². The van der Waals surface area contributed by atoms with Crippen molar-refractivity contribution in [3.63, 3.8) is 0 Å². The van der Waals surface area contributed by atoms with E-state index in [9.17, 15) is 0 Å². The lowest BCUT2D eigenvalue weighted by atomic mass is 10.3. The van der Waals surface area contributed by atoms with E-state index < -0.39 is 0 Å². The van der Waals surface area contributed by atoms with E-state index in [1.54, 1.807) is 11.8 Å². The Morgan fingerprint density at radius 3 is 2.73 bits per heavy atom. The van der Waals surface area contributed by atoms with E-state index in [-0.39, 0.29) is 0 Å². The molecule has 1 aromatic rings. The van der Waals surface area contributed by atoms with Gasteiger partial charge >= 0.3 is 0 Å². The zero-order valence-electron chi connectivity index (χ0n) is 6.83. The highest BCUT2D eigenvalue weighted by atomic mass is 32.2. The molecule has 60 valence electrons. The first kappa shape index (κ1) is 8.47. The Balaban J connectivity index is 2.83. The second kappa shape index (κ2) is 4.29. The molecule has 0 aromatic heterocycles. The summed E-state index contributed by atoms with van der Waals surface area (Å²) in [6.45, 7) is 2.73. The molecule has 0 fully saturated rings. The molecule has 2 heteroatoms. The van der Waals surface area contributed by atoms with Gasteiger partial charge in [0.2, 0.25) is 0 Å². The van der Waals surface area contributed by atoms with Gasteiger partial charge in [-0.25, -0.2) is 0 Å². The summed E-state index contributed by atoms with van der Waals surface area (Å²) in [6, 6.07) is 8.07. The standard InChI is InChI=1S/C9H12OS/c1-3-10-8-6-4-5-7-9(8)11-2/h4-7H,3H2,1-2H3. The maximum Gasteiger partial charge on any atom is 0.132 e. The summed E-state index contributed by atoms with van der Waals surface area (Å²) in [6.07, 6.45) is 2.05. The number of para-hydroxylation sites is 1. The van der Waals surface area contributed by atoms with Gasteiger partial charge in [0.05, 0.1) is 6.61 Å². The molecule has 1 aromatic carbocycles. The van der Waals surface area contributed by atoms with E-state index in [0.29, 0.717) is 0 Å².